The van der Waals surface area contributed by atoms with E-state index in [2.05, 4.69) is 47.8 Å². The molecule has 0 aliphatic rings. The van der Waals surface area contributed by atoms with E-state index in [1.807, 2.05) is 0 Å². The maximum absolute atomic E-state index is 3.56. The molecule has 0 nitrogen and oxygen atoms in total. The van der Waals surface area contributed by atoms with Gasteiger partial charge in [-0.25, -0.2) is 0 Å². The highest BCUT2D eigenvalue weighted by Crippen LogP contribution is 2.38. The van der Waals surface area contributed by atoms with Gasteiger partial charge in [0.25, 0.3) is 0 Å². The first kappa shape index (κ1) is 23.7. The van der Waals surface area contributed by atoms with Crippen LogP contribution < -0.4 is 0 Å². The molecule has 0 fully saturated rings. The molecule has 0 bridgehead atoms. The van der Waals surface area contributed by atoms with E-state index in [0.29, 0.717) is 0 Å². The van der Waals surface area contributed by atoms with E-state index >= 15 is 0 Å². The van der Waals surface area contributed by atoms with Crippen molar-refractivity contribution < 1.29 is 0 Å². The third-order valence-corrected chi connectivity index (χ3v) is 6.21. The molecular formula is C18H37Br3Si. The van der Waals surface area contributed by atoms with Crippen LogP contribution in [0.5, 0.6) is 0 Å². The summed E-state index contributed by atoms with van der Waals surface area (Å²) in [6, 6.07) is 1.50. The van der Waals surface area contributed by atoms with Crippen LogP contribution in [-0.2, 0) is 0 Å². The van der Waals surface area contributed by atoms with E-state index < -0.39 is 0 Å². The smallest absolute Gasteiger partial charge is 0.0658 e. The zero-order valence-electron chi connectivity index (χ0n) is 14.7. The predicted octanol–water partition coefficient (Wildman–Crippen LogP) is 7.85. The molecule has 0 aliphatic carbocycles. The van der Waals surface area contributed by atoms with Gasteiger partial charge in [-0.1, -0.05) is 150 Å². The fraction of sp³-hybridized carbons (Fsp3) is 1.00. The minimum atomic E-state index is -0.0233. The standard InChI is InChI=1S/C18H37Br3Si/c19-18(20,21)16-14-12-10-8-6-4-2-1-3-5-7-9-11-13-15-17-22/h1-17H2,22H3. The van der Waals surface area contributed by atoms with Crippen molar-refractivity contribution in [3.8, 4) is 0 Å². The van der Waals surface area contributed by atoms with Gasteiger partial charge in [-0.3, -0.25) is 0 Å². The topological polar surface area (TPSA) is 0 Å². The molecule has 4 heteroatoms. The molecule has 0 amide bonds. The van der Waals surface area contributed by atoms with Crippen LogP contribution in [0.15, 0.2) is 0 Å². The first-order valence-corrected chi connectivity index (χ1v) is 13.4. The van der Waals surface area contributed by atoms with Crippen LogP contribution in [0.2, 0.25) is 6.04 Å². The van der Waals surface area contributed by atoms with Gasteiger partial charge >= 0.3 is 0 Å². The number of halogens is 3. The van der Waals surface area contributed by atoms with Crippen molar-refractivity contribution in [1.29, 1.82) is 0 Å². The van der Waals surface area contributed by atoms with E-state index in [4.69, 9.17) is 0 Å². The average molecular weight is 521 g/mol. The van der Waals surface area contributed by atoms with Crippen molar-refractivity contribution >= 4 is 58.0 Å². The summed E-state index contributed by atoms with van der Waals surface area (Å²) in [7, 11) is 1.40. The van der Waals surface area contributed by atoms with E-state index in [1.165, 1.54) is 113 Å². The van der Waals surface area contributed by atoms with Crippen molar-refractivity contribution in [2.45, 2.75) is 111 Å². The van der Waals surface area contributed by atoms with E-state index in [-0.39, 0.29) is 2.14 Å². The van der Waals surface area contributed by atoms with Crippen molar-refractivity contribution in [2.75, 3.05) is 0 Å². The molecule has 0 saturated carbocycles. The van der Waals surface area contributed by atoms with Gasteiger partial charge in [-0.05, 0) is 6.42 Å². The molecule has 0 atom stereocenters. The lowest BCUT2D eigenvalue weighted by Crippen LogP contribution is -1.98. The predicted molar refractivity (Wildman–Crippen MR) is 118 cm³/mol. The Morgan fingerprint density at radius 1 is 0.455 bits per heavy atom. The monoisotopic (exact) mass is 518 g/mol. The van der Waals surface area contributed by atoms with Crippen LogP contribution >= 0.6 is 47.8 Å². The van der Waals surface area contributed by atoms with E-state index in [0.717, 1.165) is 6.42 Å². The lowest BCUT2D eigenvalue weighted by atomic mass is 10.0. The quantitative estimate of drug-likeness (QED) is 0.110. The molecule has 0 aromatic carbocycles. The number of hydrogen-bond donors (Lipinski definition) is 0. The van der Waals surface area contributed by atoms with Gasteiger partial charge in [0.2, 0.25) is 0 Å². The molecular weight excluding hydrogens is 484 g/mol. The molecule has 0 aromatic rings. The van der Waals surface area contributed by atoms with Gasteiger partial charge in [-0.15, -0.1) is 0 Å². The Bertz CT molecular complexity index is 217. The first-order valence-electron chi connectivity index (χ1n) is 9.63. The molecule has 0 N–H and O–H groups in total. The Morgan fingerprint density at radius 2 is 0.727 bits per heavy atom. The zero-order valence-corrected chi connectivity index (χ0v) is 21.4. The Labute approximate surface area is 168 Å². The molecule has 0 unspecified atom stereocenters. The molecule has 0 rings (SSSR count). The lowest BCUT2D eigenvalue weighted by Gasteiger charge is -2.10. The second-order valence-electron chi connectivity index (χ2n) is 6.67. The third kappa shape index (κ3) is 21.7. The highest BCUT2D eigenvalue weighted by Gasteiger charge is 2.15. The van der Waals surface area contributed by atoms with Gasteiger partial charge in [0.1, 0.15) is 2.14 Å². The summed E-state index contributed by atoms with van der Waals surface area (Å²) in [5, 5.41) is 0. The number of unbranched alkanes of at least 4 members (excludes halogenated alkanes) is 14. The first-order chi connectivity index (χ1) is 10.6. The van der Waals surface area contributed by atoms with Crippen LogP contribution in [0.4, 0.5) is 0 Å². The fourth-order valence-corrected chi connectivity index (χ4v) is 4.21. The minimum absolute atomic E-state index is 0.0233. The van der Waals surface area contributed by atoms with Gasteiger partial charge in [0.05, 0.1) is 0 Å². The Balaban J connectivity index is 3.00. The van der Waals surface area contributed by atoms with Crippen molar-refractivity contribution in [1.82, 2.24) is 0 Å². The summed E-state index contributed by atoms with van der Waals surface area (Å²) in [5.74, 6) is 0. The van der Waals surface area contributed by atoms with Crippen LogP contribution in [0.25, 0.3) is 0 Å². The maximum atomic E-state index is 3.56. The second-order valence-corrected chi connectivity index (χ2v) is 14.9. The largest absolute Gasteiger partial charge is 0.135 e. The van der Waals surface area contributed by atoms with Crippen LogP contribution in [0, 0.1) is 0 Å². The van der Waals surface area contributed by atoms with Crippen LogP contribution in [-0.4, -0.2) is 12.4 Å². The summed E-state index contributed by atoms with van der Waals surface area (Å²) in [5.41, 5.74) is 0. The Morgan fingerprint density at radius 3 is 1.00 bits per heavy atom. The molecule has 0 saturated heterocycles. The van der Waals surface area contributed by atoms with Crippen molar-refractivity contribution in [3.63, 3.8) is 0 Å². The summed E-state index contributed by atoms with van der Waals surface area (Å²) in [6.45, 7) is 0. The fourth-order valence-electron chi connectivity index (χ4n) is 2.87. The summed E-state index contributed by atoms with van der Waals surface area (Å²) in [4.78, 5) is 0. The molecule has 0 aromatic heterocycles. The molecule has 22 heavy (non-hydrogen) atoms. The normalized spacial score (nSPS) is 12.1. The van der Waals surface area contributed by atoms with Gasteiger partial charge in [0.15, 0.2) is 0 Å². The van der Waals surface area contributed by atoms with Crippen LogP contribution in [0.1, 0.15) is 103 Å². The number of hydrogen-bond acceptors (Lipinski definition) is 0. The summed E-state index contributed by atoms with van der Waals surface area (Å²) < 4.78 is -0.0233. The highest BCUT2D eigenvalue weighted by atomic mass is 80.0. The SMILES string of the molecule is [SiH3]CCCCCCCCCCCCCCCCCC(Br)(Br)Br. The van der Waals surface area contributed by atoms with Gasteiger partial charge in [0, 0.05) is 10.2 Å². The summed E-state index contributed by atoms with van der Waals surface area (Å²) >= 11 is 10.7. The lowest BCUT2D eigenvalue weighted by molar-refractivity contribution is 0.531. The Kier molecular flexibility index (Phi) is 18.8. The van der Waals surface area contributed by atoms with Gasteiger partial charge < -0.3 is 0 Å². The Hall–Kier alpha value is 1.66. The molecule has 0 radical (unpaired) electrons. The van der Waals surface area contributed by atoms with Crippen molar-refractivity contribution in [2.24, 2.45) is 0 Å². The zero-order chi connectivity index (χ0) is 16.5. The van der Waals surface area contributed by atoms with Gasteiger partial charge in [-0.2, -0.15) is 0 Å². The average Bonchev–Trinajstić information content (AvgIpc) is 2.45. The van der Waals surface area contributed by atoms with E-state index in [1.54, 1.807) is 0 Å². The molecule has 134 valence electrons. The number of rotatable bonds is 16. The maximum Gasteiger partial charge on any atom is 0.135 e. The molecule has 0 aliphatic heterocycles. The summed E-state index contributed by atoms with van der Waals surface area (Å²) in [6.07, 6.45) is 22.9. The molecule has 0 spiro atoms. The third-order valence-electron chi connectivity index (χ3n) is 4.31. The molecule has 0 heterocycles. The minimum Gasteiger partial charge on any atom is -0.0658 e. The number of alkyl halides is 3. The second kappa shape index (κ2) is 17.5. The van der Waals surface area contributed by atoms with Crippen LogP contribution in [0.3, 0.4) is 0 Å². The van der Waals surface area contributed by atoms with Crippen molar-refractivity contribution in [3.05, 3.63) is 0 Å². The highest BCUT2D eigenvalue weighted by molar-refractivity contribution is 9.39. The van der Waals surface area contributed by atoms with E-state index in [9.17, 15) is 0 Å².